The van der Waals surface area contributed by atoms with Gasteiger partial charge in [-0.05, 0) is 19.3 Å². The number of hydrogen-bond acceptors (Lipinski definition) is 15. The summed E-state index contributed by atoms with van der Waals surface area (Å²) in [5.41, 5.74) is 0. The molecule has 1 rings (SSSR count). The fourth-order valence-corrected chi connectivity index (χ4v) is 4.87. The van der Waals surface area contributed by atoms with Gasteiger partial charge in [-0.1, -0.05) is 66.2 Å². The molecule has 0 bridgehead atoms. The van der Waals surface area contributed by atoms with Crippen LogP contribution in [0.5, 0.6) is 0 Å². The Bertz CT molecular complexity index is 931. The number of carbonyl (C=O) groups excluding carboxylic acids is 4. The Morgan fingerprint density at radius 2 is 1.10 bits per heavy atom. The Hall–Kier alpha value is -2.40. The number of aliphatic hydroxyl groups is 5. The maximum Gasteiger partial charge on any atom is 0.306 e. The van der Waals surface area contributed by atoms with Crippen molar-refractivity contribution in [2.75, 3.05) is 19.8 Å². The van der Waals surface area contributed by atoms with Gasteiger partial charge in [-0.2, -0.15) is 0 Å². The molecule has 0 aromatic rings. The lowest BCUT2D eigenvalue weighted by atomic mass is 9.97. The maximum absolute atomic E-state index is 13.1. The summed E-state index contributed by atoms with van der Waals surface area (Å²) < 4.78 is 34.4. The average Bonchev–Trinajstić information content (AvgIpc) is 3.07. The smallest absolute Gasteiger partial charge is 0.306 e. The molecule has 1 saturated heterocycles. The van der Waals surface area contributed by atoms with Crippen LogP contribution in [0.2, 0.25) is 0 Å². The van der Waals surface area contributed by atoms with E-state index in [2.05, 4.69) is 0 Å². The minimum atomic E-state index is -1.98. The summed E-state index contributed by atoms with van der Waals surface area (Å²) >= 11 is 0. The molecule has 1 fully saturated rings. The van der Waals surface area contributed by atoms with Crippen LogP contribution in [0.15, 0.2) is 0 Å². The lowest BCUT2D eigenvalue weighted by Gasteiger charge is -2.44. The van der Waals surface area contributed by atoms with E-state index in [1.807, 2.05) is 20.8 Å². The largest absolute Gasteiger partial charge is 0.463 e. The zero-order chi connectivity index (χ0) is 36.1. The van der Waals surface area contributed by atoms with Crippen molar-refractivity contribution >= 4 is 23.9 Å². The van der Waals surface area contributed by atoms with E-state index in [9.17, 15) is 39.6 Å². The molecule has 0 aromatic carbocycles. The van der Waals surface area contributed by atoms with Gasteiger partial charge >= 0.3 is 23.9 Å². The van der Waals surface area contributed by atoms with E-state index in [-0.39, 0.29) is 25.7 Å². The Balaban J connectivity index is 3.48. The Kier molecular flexibility index (Phi) is 22.4. The molecule has 15 nitrogen and oxygen atoms in total. The van der Waals surface area contributed by atoms with Crippen LogP contribution in [-0.2, 0) is 47.6 Å². The molecule has 1 aliphatic heterocycles. The summed E-state index contributed by atoms with van der Waals surface area (Å²) in [7, 11) is 0. The number of ether oxygens (including phenoxy) is 6. The van der Waals surface area contributed by atoms with Crippen LogP contribution in [-0.4, -0.2) is 124 Å². The summed E-state index contributed by atoms with van der Waals surface area (Å²) in [6, 6.07) is 0. The van der Waals surface area contributed by atoms with Gasteiger partial charge in [-0.15, -0.1) is 0 Å². The Morgan fingerprint density at radius 1 is 0.625 bits per heavy atom. The molecule has 9 atom stereocenters. The lowest BCUT2D eigenvalue weighted by Crippen LogP contribution is -2.63. The van der Waals surface area contributed by atoms with Gasteiger partial charge in [0.15, 0.2) is 24.6 Å². The molecular weight excluding hydrogens is 636 g/mol. The summed E-state index contributed by atoms with van der Waals surface area (Å²) in [5, 5.41) is 49.6. The van der Waals surface area contributed by atoms with E-state index in [1.54, 1.807) is 0 Å². The van der Waals surface area contributed by atoms with Crippen molar-refractivity contribution in [3.8, 4) is 0 Å². The summed E-state index contributed by atoms with van der Waals surface area (Å²) in [5.74, 6) is -2.61. The minimum absolute atomic E-state index is 0.00932. The average molecular weight is 695 g/mol. The molecule has 0 unspecified atom stereocenters. The normalized spacial score (nSPS) is 23.4. The molecule has 280 valence electrons. The highest BCUT2D eigenvalue weighted by Crippen LogP contribution is 2.31. The number of carbonyl (C=O) groups is 4. The Labute approximate surface area is 283 Å². The fourth-order valence-electron chi connectivity index (χ4n) is 4.87. The van der Waals surface area contributed by atoms with Crippen molar-refractivity contribution in [3.63, 3.8) is 0 Å². The SMILES string of the molecule is CCCCCC(=O)OC[C@H]1O[C@@H](OC[C@@H](O)[C@@H](O)[C@H](O)[C@H](O)CO)[C@@H](OC(=O)CC)[C@@H](OC(=O)CCCCC)[C@@H]1OC(=O)CCCCC. The van der Waals surface area contributed by atoms with Gasteiger partial charge in [0.25, 0.3) is 0 Å². The van der Waals surface area contributed by atoms with E-state index >= 15 is 0 Å². The van der Waals surface area contributed by atoms with Crippen molar-refractivity contribution in [2.45, 2.75) is 166 Å². The first kappa shape index (κ1) is 43.6. The molecule has 48 heavy (non-hydrogen) atoms. The zero-order valence-corrected chi connectivity index (χ0v) is 28.8. The second kappa shape index (κ2) is 24.7. The quantitative estimate of drug-likeness (QED) is 0.0520. The molecule has 0 radical (unpaired) electrons. The highest BCUT2D eigenvalue weighted by molar-refractivity contribution is 5.72. The predicted octanol–water partition coefficient (Wildman–Crippen LogP) is 1.59. The van der Waals surface area contributed by atoms with Crippen LogP contribution in [0.25, 0.3) is 0 Å². The minimum Gasteiger partial charge on any atom is -0.463 e. The van der Waals surface area contributed by atoms with Crippen LogP contribution in [0.3, 0.4) is 0 Å². The molecule has 1 heterocycles. The van der Waals surface area contributed by atoms with Gasteiger partial charge in [0.05, 0.1) is 13.2 Å². The first-order valence-electron chi connectivity index (χ1n) is 17.3. The molecule has 1 aliphatic rings. The number of rotatable bonds is 25. The molecule has 0 amide bonds. The summed E-state index contributed by atoms with van der Waals surface area (Å²) in [4.78, 5) is 51.2. The third-order valence-electron chi connectivity index (χ3n) is 7.80. The molecule has 0 saturated carbocycles. The predicted molar refractivity (Wildman–Crippen MR) is 169 cm³/mol. The van der Waals surface area contributed by atoms with Gasteiger partial charge < -0.3 is 54.0 Å². The number of esters is 4. The second-order valence-corrected chi connectivity index (χ2v) is 11.9. The summed E-state index contributed by atoms with van der Waals surface area (Å²) in [6.45, 7) is 5.33. The lowest BCUT2D eigenvalue weighted by molar-refractivity contribution is -0.313. The third-order valence-corrected chi connectivity index (χ3v) is 7.80. The van der Waals surface area contributed by atoms with Gasteiger partial charge in [-0.3, -0.25) is 19.2 Å². The highest BCUT2D eigenvalue weighted by Gasteiger charge is 2.53. The maximum atomic E-state index is 13.1. The molecule has 0 aromatic heterocycles. The van der Waals surface area contributed by atoms with Crippen LogP contribution in [0.1, 0.15) is 111 Å². The zero-order valence-electron chi connectivity index (χ0n) is 28.8. The van der Waals surface area contributed by atoms with Crippen LogP contribution in [0.4, 0.5) is 0 Å². The van der Waals surface area contributed by atoms with E-state index in [1.165, 1.54) is 6.92 Å². The van der Waals surface area contributed by atoms with Crippen LogP contribution in [0, 0.1) is 0 Å². The first-order valence-corrected chi connectivity index (χ1v) is 17.3. The van der Waals surface area contributed by atoms with Crippen LogP contribution >= 0.6 is 0 Å². The van der Waals surface area contributed by atoms with Gasteiger partial charge in [-0.25, -0.2) is 0 Å². The number of hydrogen-bond donors (Lipinski definition) is 5. The van der Waals surface area contributed by atoms with Crippen molar-refractivity contribution in [2.24, 2.45) is 0 Å². The van der Waals surface area contributed by atoms with Crippen molar-refractivity contribution in [1.82, 2.24) is 0 Å². The topological polar surface area (TPSA) is 225 Å². The molecule has 5 N–H and O–H groups in total. The highest BCUT2D eigenvalue weighted by atomic mass is 16.7. The van der Waals surface area contributed by atoms with E-state index in [0.29, 0.717) is 19.3 Å². The van der Waals surface area contributed by atoms with Crippen molar-refractivity contribution in [1.29, 1.82) is 0 Å². The standard InChI is InChI=1S/C33H58O15/c1-5-9-12-15-25(38)43-20-23-30(47-26(39)16-13-10-6-2)31(48-27(40)17-14-11-7-3)32(46-24(37)8-4)33(45-23)44-19-22(36)29(42)28(41)21(35)18-34/h21-23,28-36,41-42H,5-20H2,1-4H3/t21-,22-,23-,28-,29-,30-,31+,32+,33-/m1/s1. The number of aliphatic hydroxyl groups excluding tert-OH is 5. The Morgan fingerprint density at radius 3 is 1.60 bits per heavy atom. The first-order chi connectivity index (χ1) is 22.9. The van der Waals surface area contributed by atoms with E-state index < -0.39 is 98.8 Å². The molecule has 0 spiro atoms. The van der Waals surface area contributed by atoms with Crippen molar-refractivity contribution < 1.29 is 73.1 Å². The fraction of sp³-hybridized carbons (Fsp3) is 0.879. The van der Waals surface area contributed by atoms with Gasteiger partial charge in [0, 0.05) is 25.7 Å². The van der Waals surface area contributed by atoms with Gasteiger partial charge in [0.2, 0.25) is 0 Å². The van der Waals surface area contributed by atoms with Crippen LogP contribution < -0.4 is 0 Å². The molecule has 0 aliphatic carbocycles. The van der Waals surface area contributed by atoms with E-state index in [0.717, 1.165) is 38.5 Å². The van der Waals surface area contributed by atoms with E-state index in [4.69, 9.17) is 33.5 Å². The monoisotopic (exact) mass is 694 g/mol. The number of unbranched alkanes of at least 4 members (excludes halogenated alkanes) is 6. The molecular formula is C33H58O15. The van der Waals surface area contributed by atoms with Crippen molar-refractivity contribution in [3.05, 3.63) is 0 Å². The molecule has 15 heteroatoms. The van der Waals surface area contributed by atoms with Gasteiger partial charge in [0.1, 0.15) is 37.1 Å². The summed E-state index contributed by atoms with van der Waals surface area (Å²) in [6.07, 6.45) is -8.30. The second-order valence-electron chi connectivity index (χ2n) is 11.9. The third kappa shape index (κ3) is 15.9.